The van der Waals surface area contributed by atoms with Gasteiger partial charge in [0.1, 0.15) is 5.75 Å². The van der Waals surface area contributed by atoms with E-state index >= 15 is 0 Å². The van der Waals surface area contributed by atoms with Crippen LogP contribution in [-0.2, 0) is 4.79 Å². The quantitative estimate of drug-likeness (QED) is 0.611. The Kier molecular flexibility index (Phi) is 5.81. The summed E-state index contributed by atoms with van der Waals surface area (Å²) in [4.78, 5) is 13.9. The van der Waals surface area contributed by atoms with E-state index in [0.717, 1.165) is 22.8 Å². The number of carbonyl (C=O) groups excluding carboxylic acids is 1. The lowest BCUT2D eigenvalue weighted by Gasteiger charge is -2.17. The summed E-state index contributed by atoms with van der Waals surface area (Å²) in [5, 5.41) is 9.18. The van der Waals surface area contributed by atoms with E-state index in [-0.39, 0.29) is 11.2 Å². The maximum absolute atomic E-state index is 12.3. The van der Waals surface area contributed by atoms with Crippen molar-refractivity contribution >= 4 is 17.7 Å². The molecule has 0 spiro atoms. The Morgan fingerprint density at radius 2 is 1.74 bits per heavy atom. The number of rotatable bonds is 6. The number of nitrogens with zero attached hydrogens (tertiary/aromatic N) is 4. The van der Waals surface area contributed by atoms with Crippen molar-refractivity contribution in [2.45, 2.75) is 17.3 Å². The van der Waals surface area contributed by atoms with Crippen molar-refractivity contribution in [3.8, 4) is 22.8 Å². The van der Waals surface area contributed by atoms with E-state index in [1.165, 1.54) is 11.8 Å². The molecule has 0 aliphatic carbocycles. The molecule has 3 aromatic rings. The first-order chi connectivity index (χ1) is 13.0. The van der Waals surface area contributed by atoms with E-state index < -0.39 is 0 Å². The molecule has 27 heavy (non-hydrogen) atoms. The highest BCUT2D eigenvalue weighted by atomic mass is 32.2. The highest BCUT2D eigenvalue weighted by molar-refractivity contribution is 8.00. The van der Waals surface area contributed by atoms with E-state index in [2.05, 4.69) is 10.2 Å². The van der Waals surface area contributed by atoms with Crippen LogP contribution in [0.5, 0.6) is 5.75 Å². The number of methoxy groups -OCH3 is 1. The third-order valence-corrected chi connectivity index (χ3v) is 5.10. The molecule has 140 valence electrons. The number of thioether (sulfide) groups is 1. The smallest absolute Gasteiger partial charge is 0.235 e. The molecule has 1 unspecified atom stereocenters. The number of carbonyl (C=O) groups is 1. The molecule has 1 heterocycles. The van der Waals surface area contributed by atoms with Crippen molar-refractivity contribution in [3.05, 3.63) is 54.6 Å². The molecule has 0 saturated heterocycles. The molecule has 3 rings (SSSR count). The predicted molar refractivity (Wildman–Crippen MR) is 107 cm³/mol. The lowest BCUT2D eigenvalue weighted by Crippen LogP contribution is -2.29. The van der Waals surface area contributed by atoms with Crippen LogP contribution in [0.3, 0.4) is 0 Å². The molecule has 1 amide bonds. The van der Waals surface area contributed by atoms with Gasteiger partial charge in [-0.1, -0.05) is 30.0 Å². The van der Waals surface area contributed by atoms with Gasteiger partial charge in [-0.2, -0.15) is 0 Å². The highest BCUT2D eigenvalue weighted by Crippen LogP contribution is 2.31. The lowest BCUT2D eigenvalue weighted by molar-refractivity contribution is -0.127. The second-order valence-electron chi connectivity index (χ2n) is 6.20. The Morgan fingerprint density at radius 3 is 2.33 bits per heavy atom. The van der Waals surface area contributed by atoms with Crippen LogP contribution < -0.4 is 4.74 Å². The van der Waals surface area contributed by atoms with Gasteiger partial charge in [0, 0.05) is 25.3 Å². The zero-order valence-electron chi connectivity index (χ0n) is 15.8. The first kappa shape index (κ1) is 19.0. The van der Waals surface area contributed by atoms with E-state index in [4.69, 9.17) is 4.74 Å². The topological polar surface area (TPSA) is 60.3 Å². The van der Waals surface area contributed by atoms with Gasteiger partial charge in [-0.15, -0.1) is 10.2 Å². The summed E-state index contributed by atoms with van der Waals surface area (Å²) in [5.74, 6) is 1.54. The van der Waals surface area contributed by atoms with E-state index in [1.807, 2.05) is 66.1 Å². The van der Waals surface area contributed by atoms with Crippen LogP contribution >= 0.6 is 11.8 Å². The van der Waals surface area contributed by atoms with Crippen LogP contribution in [0.15, 0.2) is 59.8 Å². The van der Waals surface area contributed by atoms with E-state index in [9.17, 15) is 4.79 Å². The molecule has 0 aliphatic rings. The third-order valence-electron chi connectivity index (χ3n) is 4.07. The summed E-state index contributed by atoms with van der Waals surface area (Å²) in [6.07, 6.45) is 0. The molecule has 1 aromatic heterocycles. The van der Waals surface area contributed by atoms with Crippen molar-refractivity contribution in [2.24, 2.45) is 0 Å². The van der Waals surface area contributed by atoms with Crippen LogP contribution in [-0.4, -0.2) is 52.0 Å². The first-order valence-electron chi connectivity index (χ1n) is 8.54. The number of aromatic nitrogens is 3. The number of hydrogen-bond donors (Lipinski definition) is 0. The number of hydrogen-bond acceptors (Lipinski definition) is 5. The Bertz CT molecular complexity index is 907. The van der Waals surface area contributed by atoms with E-state index in [0.29, 0.717) is 5.16 Å². The van der Waals surface area contributed by atoms with Crippen LogP contribution in [0.2, 0.25) is 0 Å². The van der Waals surface area contributed by atoms with Gasteiger partial charge in [0.15, 0.2) is 11.0 Å². The highest BCUT2D eigenvalue weighted by Gasteiger charge is 2.22. The second-order valence-corrected chi connectivity index (χ2v) is 7.51. The SMILES string of the molecule is COc1ccc(-c2nnc(SC(C)C(=O)N(C)C)n2-c2ccccc2)cc1. The zero-order chi connectivity index (χ0) is 19.4. The fourth-order valence-corrected chi connectivity index (χ4v) is 3.67. The normalized spacial score (nSPS) is 11.9. The second kappa shape index (κ2) is 8.26. The molecule has 0 bridgehead atoms. The molecular formula is C20H22N4O2S. The summed E-state index contributed by atoms with van der Waals surface area (Å²) in [7, 11) is 5.15. The Hall–Kier alpha value is -2.80. The molecule has 1 atom stereocenters. The van der Waals surface area contributed by atoms with Gasteiger partial charge in [0.2, 0.25) is 5.91 Å². The van der Waals surface area contributed by atoms with Gasteiger partial charge in [-0.05, 0) is 43.3 Å². The number of amides is 1. The van der Waals surface area contributed by atoms with E-state index in [1.54, 1.807) is 26.1 Å². The maximum Gasteiger partial charge on any atom is 0.235 e. The summed E-state index contributed by atoms with van der Waals surface area (Å²) >= 11 is 1.40. The monoisotopic (exact) mass is 382 g/mol. The Balaban J connectivity index is 2.04. The molecule has 6 nitrogen and oxygen atoms in total. The standard InChI is InChI=1S/C20H22N4O2S/c1-14(19(25)23(2)3)27-20-22-21-18(15-10-12-17(26-4)13-11-15)24(20)16-8-6-5-7-9-16/h5-14H,1-4H3. The average molecular weight is 382 g/mol. The fourth-order valence-electron chi connectivity index (χ4n) is 2.66. The minimum atomic E-state index is -0.268. The number of para-hydroxylation sites is 1. The molecular weight excluding hydrogens is 360 g/mol. The van der Waals surface area contributed by atoms with Gasteiger partial charge >= 0.3 is 0 Å². The molecule has 0 aliphatic heterocycles. The number of ether oxygens (including phenoxy) is 1. The molecule has 0 radical (unpaired) electrons. The zero-order valence-corrected chi connectivity index (χ0v) is 16.6. The minimum absolute atomic E-state index is 0.0357. The molecule has 0 N–H and O–H groups in total. The molecule has 2 aromatic carbocycles. The van der Waals surface area contributed by atoms with Crippen LogP contribution in [0.4, 0.5) is 0 Å². The summed E-state index contributed by atoms with van der Waals surface area (Å²) < 4.78 is 7.22. The lowest BCUT2D eigenvalue weighted by atomic mass is 10.2. The summed E-state index contributed by atoms with van der Waals surface area (Å²) in [6, 6.07) is 17.6. The minimum Gasteiger partial charge on any atom is -0.497 e. The Labute approximate surface area is 163 Å². The predicted octanol–water partition coefficient (Wildman–Crippen LogP) is 3.51. The molecule has 7 heteroatoms. The van der Waals surface area contributed by atoms with Crippen molar-refractivity contribution in [2.75, 3.05) is 21.2 Å². The van der Waals surface area contributed by atoms with Crippen molar-refractivity contribution in [1.29, 1.82) is 0 Å². The molecule has 0 fully saturated rings. The summed E-state index contributed by atoms with van der Waals surface area (Å²) in [5.41, 5.74) is 1.87. The van der Waals surface area contributed by atoms with Crippen LogP contribution in [0, 0.1) is 0 Å². The van der Waals surface area contributed by atoms with Crippen molar-refractivity contribution in [1.82, 2.24) is 19.7 Å². The first-order valence-corrected chi connectivity index (χ1v) is 9.42. The van der Waals surface area contributed by atoms with Gasteiger partial charge in [-0.25, -0.2) is 0 Å². The van der Waals surface area contributed by atoms with Crippen LogP contribution in [0.1, 0.15) is 6.92 Å². The van der Waals surface area contributed by atoms with Crippen molar-refractivity contribution in [3.63, 3.8) is 0 Å². The maximum atomic E-state index is 12.3. The largest absolute Gasteiger partial charge is 0.497 e. The van der Waals surface area contributed by atoms with Crippen LogP contribution in [0.25, 0.3) is 17.1 Å². The van der Waals surface area contributed by atoms with Gasteiger partial charge in [0.05, 0.1) is 12.4 Å². The van der Waals surface area contributed by atoms with Gasteiger partial charge in [0.25, 0.3) is 0 Å². The fraction of sp³-hybridized carbons (Fsp3) is 0.250. The Morgan fingerprint density at radius 1 is 1.07 bits per heavy atom. The molecule has 0 saturated carbocycles. The van der Waals surface area contributed by atoms with Gasteiger partial charge in [-0.3, -0.25) is 9.36 Å². The average Bonchev–Trinajstić information content (AvgIpc) is 3.11. The van der Waals surface area contributed by atoms with Crippen molar-refractivity contribution < 1.29 is 9.53 Å². The summed E-state index contributed by atoms with van der Waals surface area (Å²) in [6.45, 7) is 1.88. The van der Waals surface area contributed by atoms with Gasteiger partial charge < -0.3 is 9.64 Å². The number of benzene rings is 2. The third kappa shape index (κ3) is 4.14.